The first-order chi connectivity index (χ1) is 4.27. The maximum atomic E-state index is 5.79. The summed E-state index contributed by atoms with van der Waals surface area (Å²) in [6.07, 6.45) is 0. The van der Waals surface area contributed by atoms with E-state index in [0.717, 1.165) is 6.61 Å². The van der Waals surface area contributed by atoms with Crippen molar-refractivity contribution in [2.75, 3.05) is 20.3 Å². The number of methoxy groups -OCH3 is 1. The molecule has 0 radical (unpaired) electrons. The molecule has 0 aliphatic rings. The van der Waals surface area contributed by atoms with Crippen molar-refractivity contribution in [3.05, 3.63) is 0 Å². The summed E-state index contributed by atoms with van der Waals surface area (Å²) >= 11 is 5.79. The third-order valence-corrected chi connectivity index (χ3v) is 4.98. The Labute approximate surface area is 64.5 Å². The van der Waals surface area contributed by atoms with Gasteiger partial charge in [0.25, 0.3) is 0 Å². The first kappa shape index (κ1) is 9.64. The van der Waals surface area contributed by atoms with E-state index in [1.165, 1.54) is 0 Å². The van der Waals surface area contributed by atoms with Crippen molar-refractivity contribution in [1.29, 1.82) is 0 Å². The van der Waals surface area contributed by atoms with Gasteiger partial charge in [-0.2, -0.15) is 11.1 Å². The lowest BCUT2D eigenvalue weighted by Gasteiger charge is -2.01. The van der Waals surface area contributed by atoms with Gasteiger partial charge in [0.2, 0.25) is 0 Å². The van der Waals surface area contributed by atoms with Gasteiger partial charge in [0, 0.05) is 7.11 Å². The Hall–Kier alpha value is 0.644. The van der Waals surface area contributed by atoms with Crippen molar-refractivity contribution in [2.45, 2.75) is 6.55 Å². The van der Waals surface area contributed by atoms with Gasteiger partial charge in [-0.25, -0.2) is 0 Å². The molecular weight excluding hydrogens is 172 g/mol. The lowest BCUT2D eigenvalue weighted by Crippen LogP contribution is -2.16. The molecule has 5 heteroatoms. The number of hydrogen-bond acceptors (Lipinski definition) is 2. The summed E-state index contributed by atoms with van der Waals surface area (Å²) in [6, 6.07) is 0. The molecule has 1 atom stereocenters. The standard InChI is InChI=1S/C4H13ClO2Si2/c1-6-3-4-7-8-9(2)5/h9H,3-4,8H2,1-2H3. The molecule has 0 N–H and O–H groups in total. The van der Waals surface area contributed by atoms with Crippen molar-refractivity contribution in [1.82, 2.24) is 0 Å². The molecule has 9 heavy (non-hydrogen) atoms. The average Bonchev–Trinajstić information content (AvgIpc) is 1.80. The minimum Gasteiger partial charge on any atom is -0.424 e. The van der Waals surface area contributed by atoms with Gasteiger partial charge in [-0.15, -0.1) is 0 Å². The zero-order valence-electron chi connectivity index (χ0n) is 5.89. The first-order valence-corrected chi connectivity index (χ1v) is 9.72. The molecular formula is C4H13ClO2Si2. The maximum absolute atomic E-state index is 5.79. The summed E-state index contributed by atoms with van der Waals surface area (Å²) in [5.74, 6) is 0. The molecule has 0 heterocycles. The van der Waals surface area contributed by atoms with Crippen LogP contribution in [0.1, 0.15) is 0 Å². The van der Waals surface area contributed by atoms with Gasteiger partial charge < -0.3 is 9.16 Å². The summed E-state index contributed by atoms with van der Waals surface area (Å²) in [5.41, 5.74) is 0. The smallest absolute Gasteiger partial charge is 0.165 e. The quantitative estimate of drug-likeness (QED) is 0.336. The molecule has 0 fully saturated rings. The van der Waals surface area contributed by atoms with Gasteiger partial charge in [-0.3, -0.25) is 0 Å². The van der Waals surface area contributed by atoms with Crippen LogP contribution in [-0.2, 0) is 9.16 Å². The lowest BCUT2D eigenvalue weighted by atomic mass is 10.8. The van der Waals surface area contributed by atoms with Gasteiger partial charge in [0.15, 0.2) is 16.9 Å². The average molecular weight is 185 g/mol. The third-order valence-electron chi connectivity index (χ3n) is 0.779. The minimum absolute atomic E-state index is 0.350. The maximum Gasteiger partial charge on any atom is 0.165 e. The Morgan fingerprint density at radius 3 is 2.67 bits per heavy atom. The number of ether oxygens (including phenoxy) is 1. The van der Waals surface area contributed by atoms with Gasteiger partial charge in [-0.1, -0.05) is 6.55 Å². The zero-order valence-corrected chi connectivity index (χ0v) is 9.22. The second kappa shape index (κ2) is 6.76. The van der Waals surface area contributed by atoms with Gasteiger partial charge in [0.05, 0.1) is 13.2 Å². The van der Waals surface area contributed by atoms with E-state index in [1.807, 2.05) is 0 Å². The predicted molar refractivity (Wildman–Crippen MR) is 45.2 cm³/mol. The van der Waals surface area contributed by atoms with E-state index >= 15 is 0 Å². The normalized spacial score (nSPS) is 15.0. The van der Waals surface area contributed by atoms with Crippen LogP contribution in [0.15, 0.2) is 0 Å². The van der Waals surface area contributed by atoms with E-state index in [1.54, 1.807) is 7.11 Å². The third kappa shape index (κ3) is 8.64. The fourth-order valence-electron chi connectivity index (χ4n) is 0.388. The van der Waals surface area contributed by atoms with Crippen LogP contribution in [-0.4, -0.2) is 37.2 Å². The molecule has 0 saturated heterocycles. The zero-order chi connectivity index (χ0) is 7.11. The van der Waals surface area contributed by atoms with E-state index in [9.17, 15) is 0 Å². The second-order valence-electron chi connectivity index (χ2n) is 1.85. The van der Waals surface area contributed by atoms with E-state index in [2.05, 4.69) is 6.55 Å². The first-order valence-electron chi connectivity index (χ1n) is 2.98. The van der Waals surface area contributed by atoms with E-state index in [-0.39, 0.29) is 9.28 Å². The highest BCUT2D eigenvalue weighted by Crippen LogP contribution is 1.85. The predicted octanol–water partition coefficient (Wildman–Crippen LogP) is -0.178. The van der Waals surface area contributed by atoms with Gasteiger partial charge >= 0.3 is 0 Å². The Kier molecular flexibility index (Phi) is 7.24. The summed E-state index contributed by atoms with van der Waals surface area (Å²) in [6.45, 7) is 3.53. The van der Waals surface area contributed by atoms with Crippen LogP contribution in [0.2, 0.25) is 6.55 Å². The van der Waals surface area contributed by atoms with Crippen molar-refractivity contribution in [2.24, 2.45) is 0 Å². The molecule has 0 aromatic heterocycles. The molecule has 0 saturated carbocycles. The molecule has 0 rings (SSSR count). The van der Waals surface area contributed by atoms with E-state index < -0.39 is 7.62 Å². The molecule has 0 aliphatic heterocycles. The number of hydrogen-bond donors (Lipinski definition) is 0. The van der Waals surface area contributed by atoms with E-state index in [4.69, 9.17) is 20.2 Å². The number of halogens is 1. The topological polar surface area (TPSA) is 18.5 Å². The lowest BCUT2D eigenvalue weighted by molar-refractivity contribution is 0.150. The SMILES string of the molecule is COCCO[SiH2][SiH](C)Cl. The molecule has 56 valence electrons. The fraction of sp³-hybridized carbons (Fsp3) is 1.00. The van der Waals surface area contributed by atoms with Crippen molar-refractivity contribution in [3.8, 4) is 0 Å². The summed E-state index contributed by atoms with van der Waals surface area (Å²) in [4.78, 5) is 0. The number of rotatable bonds is 5. The molecule has 0 spiro atoms. The van der Waals surface area contributed by atoms with Gasteiger partial charge in [0.1, 0.15) is 0 Å². The van der Waals surface area contributed by atoms with Crippen molar-refractivity contribution in [3.63, 3.8) is 0 Å². The molecule has 0 aliphatic carbocycles. The van der Waals surface area contributed by atoms with Crippen LogP contribution in [0.4, 0.5) is 0 Å². The molecule has 2 nitrogen and oxygen atoms in total. The molecule has 0 amide bonds. The van der Waals surface area contributed by atoms with Gasteiger partial charge in [-0.05, 0) is 0 Å². The Bertz CT molecular complexity index is 62.5. The molecule has 1 unspecified atom stereocenters. The van der Waals surface area contributed by atoms with Crippen LogP contribution in [0.25, 0.3) is 0 Å². The van der Waals surface area contributed by atoms with Crippen LogP contribution in [0, 0.1) is 0 Å². The molecule has 0 aromatic carbocycles. The van der Waals surface area contributed by atoms with Crippen molar-refractivity contribution < 1.29 is 9.16 Å². The van der Waals surface area contributed by atoms with Crippen LogP contribution < -0.4 is 0 Å². The monoisotopic (exact) mass is 184 g/mol. The highest BCUT2D eigenvalue weighted by atomic mass is 35.6. The van der Waals surface area contributed by atoms with Crippen LogP contribution in [0.3, 0.4) is 0 Å². The van der Waals surface area contributed by atoms with Crippen LogP contribution in [0.5, 0.6) is 0 Å². The Balaban J connectivity index is 2.75. The second-order valence-corrected chi connectivity index (χ2v) is 12.6. The molecule has 0 bridgehead atoms. The fourth-order valence-corrected chi connectivity index (χ4v) is 3.27. The van der Waals surface area contributed by atoms with Crippen molar-refractivity contribution >= 4 is 28.0 Å². The van der Waals surface area contributed by atoms with E-state index in [0.29, 0.717) is 6.61 Å². The summed E-state index contributed by atoms with van der Waals surface area (Å²) in [7, 11) is 0.443. The molecule has 0 aromatic rings. The van der Waals surface area contributed by atoms with Crippen LogP contribution >= 0.6 is 11.1 Å². The summed E-state index contributed by atoms with van der Waals surface area (Å²) in [5, 5.41) is 0. The highest BCUT2D eigenvalue weighted by Gasteiger charge is 1.98. The summed E-state index contributed by atoms with van der Waals surface area (Å²) < 4.78 is 10.1. The minimum atomic E-state index is -0.880. The Morgan fingerprint density at radius 1 is 1.56 bits per heavy atom. The highest BCUT2D eigenvalue weighted by molar-refractivity contribution is 7.34. The largest absolute Gasteiger partial charge is 0.424 e. The Morgan fingerprint density at radius 2 is 2.22 bits per heavy atom.